The van der Waals surface area contributed by atoms with E-state index in [0.717, 1.165) is 6.92 Å². The van der Waals surface area contributed by atoms with Gasteiger partial charge in [-0.15, -0.1) is 0 Å². The molecule has 0 aliphatic heterocycles. The van der Waals surface area contributed by atoms with Crippen LogP contribution in [0.15, 0.2) is 12.2 Å². The molecule has 0 aromatic rings. The maximum absolute atomic E-state index is 12.7. The fraction of sp³-hybridized carbons (Fsp3) is 0.714. The first-order chi connectivity index (χ1) is 6.01. The highest BCUT2D eigenvalue weighted by molar-refractivity contribution is 5.06. The highest BCUT2D eigenvalue weighted by atomic mass is 19.4. The summed E-state index contributed by atoms with van der Waals surface area (Å²) in [5, 5.41) is 0. The van der Waals surface area contributed by atoms with Crippen LogP contribution in [0, 0.1) is 0 Å². The minimum atomic E-state index is -5.14. The molecule has 0 saturated carbocycles. The second-order valence-electron chi connectivity index (χ2n) is 2.82. The molecule has 0 amide bonds. The quantitative estimate of drug-likeness (QED) is 0.402. The first kappa shape index (κ1) is 13.3. The molecule has 0 heterocycles. The largest absolute Gasteiger partial charge is 0.462 e. The van der Waals surface area contributed by atoms with Gasteiger partial charge in [-0.3, -0.25) is 0 Å². The Bertz CT molecular complexity index is 221. The third-order valence-electron chi connectivity index (χ3n) is 1.61. The van der Waals surface area contributed by atoms with Crippen molar-refractivity contribution in [2.24, 2.45) is 0 Å². The second kappa shape index (κ2) is 3.80. The molecule has 0 radical (unpaired) electrons. The summed E-state index contributed by atoms with van der Waals surface area (Å²) in [5.74, 6) is -4.22. The Labute approximate surface area is 77.0 Å². The summed E-state index contributed by atoms with van der Waals surface area (Å²) in [4.78, 5) is -0.998. The van der Waals surface area contributed by atoms with Crippen molar-refractivity contribution in [1.29, 1.82) is 0 Å². The Kier molecular flexibility index (Phi) is 3.60. The highest BCUT2D eigenvalue weighted by Crippen LogP contribution is 2.34. The van der Waals surface area contributed by atoms with E-state index in [2.05, 4.69) is 6.58 Å². The van der Waals surface area contributed by atoms with Crippen molar-refractivity contribution in [2.45, 2.75) is 25.4 Å². The van der Waals surface area contributed by atoms with E-state index in [1.54, 1.807) is 0 Å². The normalized spacial score (nSPS) is 15.8. The molecule has 0 aliphatic carbocycles. The summed E-state index contributed by atoms with van der Waals surface area (Å²) in [5.41, 5.74) is -0.957. The Morgan fingerprint density at radius 3 is 1.79 bits per heavy atom. The fourth-order valence-corrected chi connectivity index (χ4v) is 0.575. The van der Waals surface area contributed by atoms with E-state index in [0.29, 0.717) is 0 Å². The SMILES string of the molecule is C=C(C)C(F)(F)C(F)N(C)C(F)(F)F. The van der Waals surface area contributed by atoms with Gasteiger partial charge in [0, 0.05) is 0 Å². The van der Waals surface area contributed by atoms with Crippen LogP contribution >= 0.6 is 0 Å². The zero-order valence-electron chi connectivity index (χ0n) is 7.50. The molecule has 0 N–H and O–H groups in total. The van der Waals surface area contributed by atoms with Crippen molar-refractivity contribution in [1.82, 2.24) is 4.90 Å². The van der Waals surface area contributed by atoms with E-state index in [4.69, 9.17) is 0 Å². The topological polar surface area (TPSA) is 3.24 Å². The van der Waals surface area contributed by atoms with Gasteiger partial charge in [0.15, 0.2) is 0 Å². The lowest BCUT2D eigenvalue weighted by molar-refractivity contribution is -0.288. The minimum Gasteiger partial charge on any atom is -0.223 e. The van der Waals surface area contributed by atoms with Gasteiger partial charge < -0.3 is 0 Å². The zero-order valence-corrected chi connectivity index (χ0v) is 7.50. The van der Waals surface area contributed by atoms with Gasteiger partial charge in [-0.1, -0.05) is 6.58 Å². The number of alkyl halides is 6. The van der Waals surface area contributed by atoms with Gasteiger partial charge >= 0.3 is 12.2 Å². The van der Waals surface area contributed by atoms with Crippen LogP contribution in [0.5, 0.6) is 0 Å². The molecule has 0 bridgehead atoms. The molecule has 0 aromatic carbocycles. The van der Waals surface area contributed by atoms with Crippen molar-refractivity contribution in [3.8, 4) is 0 Å². The molecule has 0 aromatic heterocycles. The lowest BCUT2D eigenvalue weighted by Crippen LogP contribution is -2.49. The fourth-order valence-electron chi connectivity index (χ4n) is 0.575. The lowest BCUT2D eigenvalue weighted by atomic mass is 10.1. The summed E-state index contributed by atoms with van der Waals surface area (Å²) >= 11 is 0. The van der Waals surface area contributed by atoms with Crippen molar-refractivity contribution in [3.63, 3.8) is 0 Å². The van der Waals surface area contributed by atoms with E-state index in [1.807, 2.05) is 0 Å². The van der Waals surface area contributed by atoms with Gasteiger partial charge in [-0.2, -0.15) is 26.9 Å². The van der Waals surface area contributed by atoms with Gasteiger partial charge in [0.1, 0.15) is 0 Å². The molecule has 0 spiro atoms. The van der Waals surface area contributed by atoms with Crippen molar-refractivity contribution >= 4 is 0 Å². The van der Waals surface area contributed by atoms with Gasteiger partial charge in [0.05, 0.1) is 0 Å². The first-order valence-corrected chi connectivity index (χ1v) is 3.48. The first-order valence-electron chi connectivity index (χ1n) is 3.48. The molecular weight excluding hydrogens is 212 g/mol. The number of hydrogen-bond donors (Lipinski definition) is 0. The molecule has 1 unspecified atom stereocenters. The standard InChI is InChI=1S/C7H9F6N/c1-4(2)6(9,10)5(8)14(3)7(11,12)13/h5H,1H2,2-3H3. The Hall–Kier alpha value is -0.720. The van der Waals surface area contributed by atoms with E-state index in [9.17, 15) is 26.3 Å². The monoisotopic (exact) mass is 221 g/mol. The number of halogens is 6. The molecule has 1 nitrogen and oxygen atoms in total. The average Bonchev–Trinajstić information content (AvgIpc) is 1.99. The van der Waals surface area contributed by atoms with Crippen LogP contribution in [0.1, 0.15) is 6.92 Å². The molecule has 0 rings (SSSR count). The van der Waals surface area contributed by atoms with Gasteiger partial charge in [0.2, 0.25) is 6.30 Å². The van der Waals surface area contributed by atoms with Crippen molar-refractivity contribution in [3.05, 3.63) is 12.2 Å². The van der Waals surface area contributed by atoms with E-state index < -0.39 is 29.0 Å². The maximum Gasteiger partial charge on any atom is 0.462 e. The predicted molar refractivity (Wildman–Crippen MR) is 38.5 cm³/mol. The Morgan fingerprint density at radius 1 is 1.21 bits per heavy atom. The second-order valence-corrected chi connectivity index (χ2v) is 2.82. The van der Waals surface area contributed by atoms with Crippen molar-refractivity contribution < 1.29 is 26.3 Å². The van der Waals surface area contributed by atoms with Crippen LogP contribution in [-0.4, -0.2) is 30.5 Å². The summed E-state index contributed by atoms with van der Waals surface area (Å²) in [6.45, 7) is 3.49. The number of nitrogens with zero attached hydrogens (tertiary/aromatic N) is 1. The van der Waals surface area contributed by atoms with E-state index >= 15 is 0 Å². The summed E-state index contributed by atoms with van der Waals surface area (Å²) in [6.07, 6.45) is -8.60. The molecule has 0 saturated heterocycles. The highest BCUT2D eigenvalue weighted by Gasteiger charge is 2.51. The Balaban J connectivity index is 4.79. The third kappa shape index (κ3) is 2.63. The maximum atomic E-state index is 12.7. The van der Waals surface area contributed by atoms with Crippen LogP contribution in [0.2, 0.25) is 0 Å². The number of rotatable bonds is 3. The van der Waals surface area contributed by atoms with E-state index in [-0.39, 0.29) is 7.05 Å². The minimum absolute atomic E-state index is 0.210. The Morgan fingerprint density at radius 2 is 1.57 bits per heavy atom. The van der Waals surface area contributed by atoms with Crippen molar-refractivity contribution in [2.75, 3.05) is 7.05 Å². The molecule has 14 heavy (non-hydrogen) atoms. The summed E-state index contributed by atoms with van der Waals surface area (Å²) in [7, 11) is 0.210. The van der Waals surface area contributed by atoms with E-state index in [1.165, 1.54) is 0 Å². The van der Waals surface area contributed by atoms with Gasteiger partial charge in [-0.25, -0.2) is 4.39 Å². The molecule has 1 atom stereocenters. The molecule has 0 fully saturated rings. The zero-order chi connectivity index (χ0) is 11.7. The molecular formula is C7H9F6N. The van der Waals surface area contributed by atoms with Crippen LogP contribution in [0.4, 0.5) is 26.3 Å². The molecule has 84 valence electrons. The smallest absolute Gasteiger partial charge is 0.223 e. The predicted octanol–water partition coefficient (Wildman–Crippen LogP) is 2.95. The summed E-state index contributed by atoms with van der Waals surface area (Å²) in [6, 6.07) is 0. The van der Waals surface area contributed by atoms with Crippen LogP contribution in [0.3, 0.4) is 0 Å². The van der Waals surface area contributed by atoms with Gasteiger partial charge in [0.25, 0.3) is 0 Å². The molecule has 0 aliphatic rings. The van der Waals surface area contributed by atoms with Gasteiger partial charge in [-0.05, 0) is 19.5 Å². The number of hydrogen-bond acceptors (Lipinski definition) is 1. The van der Waals surface area contributed by atoms with Crippen LogP contribution in [-0.2, 0) is 0 Å². The van der Waals surface area contributed by atoms with Crippen LogP contribution in [0.25, 0.3) is 0 Å². The summed E-state index contributed by atoms with van der Waals surface area (Å²) < 4.78 is 73.6. The lowest BCUT2D eigenvalue weighted by Gasteiger charge is -2.29. The van der Waals surface area contributed by atoms with Crippen LogP contribution < -0.4 is 0 Å². The third-order valence-corrected chi connectivity index (χ3v) is 1.61. The average molecular weight is 221 g/mol. The molecule has 7 heteroatoms.